The minimum Gasteiger partial charge on any atom is -0.468 e. The third kappa shape index (κ3) is 4.89. The Labute approximate surface area is 198 Å². The molecule has 2 amide bonds. The first-order valence-electron chi connectivity index (χ1n) is 9.87. The first kappa shape index (κ1) is 22.5. The molecule has 4 aromatic rings. The van der Waals surface area contributed by atoms with Gasteiger partial charge in [-0.3, -0.25) is 14.4 Å². The van der Waals surface area contributed by atoms with Gasteiger partial charge in [0.2, 0.25) is 0 Å². The van der Waals surface area contributed by atoms with Crippen LogP contribution in [0.4, 0.5) is 5.69 Å². The lowest BCUT2D eigenvalue weighted by molar-refractivity contribution is -0.139. The molecule has 0 unspecified atom stereocenters. The van der Waals surface area contributed by atoms with Gasteiger partial charge in [-0.2, -0.15) is 5.10 Å². The second-order valence-electron chi connectivity index (χ2n) is 7.10. The van der Waals surface area contributed by atoms with Crippen LogP contribution in [0.3, 0.4) is 0 Å². The van der Waals surface area contributed by atoms with E-state index in [1.807, 2.05) is 31.2 Å². The van der Waals surface area contributed by atoms with Crippen LogP contribution in [-0.2, 0) is 9.53 Å². The number of benzene rings is 2. The van der Waals surface area contributed by atoms with E-state index in [2.05, 4.69) is 20.5 Å². The number of carbonyl (C=O) groups is 3. The van der Waals surface area contributed by atoms with E-state index >= 15 is 0 Å². The summed E-state index contributed by atoms with van der Waals surface area (Å²) in [7, 11) is 1.25. The number of aromatic nitrogens is 2. The number of rotatable bonds is 6. The monoisotopic (exact) mass is 482 g/mol. The number of amides is 2. The van der Waals surface area contributed by atoms with Crippen LogP contribution in [0.15, 0.2) is 54.6 Å². The molecule has 8 nitrogen and oxygen atoms in total. The summed E-state index contributed by atoms with van der Waals surface area (Å²) in [4.78, 5) is 37.4. The second-order valence-corrected chi connectivity index (χ2v) is 8.56. The number of ether oxygens (including phenoxy) is 1. The van der Waals surface area contributed by atoms with Crippen LogP contribution in [0, 0.1) is 6.92 Å². The Bertz CT molecular complexity index is 1360. The number of thiophene rings is 1. The van der Waals surface area contributed by atoms with Crippen LogP contribution in [0.25, 0.3) is 15.9 Å². The average Bonchev–Trinajstić information content (AvgIpc) is 3.38. The van der Waals surface area contributed by atoms with Gasteiger partial charge in [-0.1, -0.05) is 17.7 Å². The molecule has 0 bridgehead atoms. The van der Waals surface area contributed by atoms with Crippen molar-refractivity contribution in [2.75, 3.05) is 19.0 Å². The van der Waals surface area contributed by atoms with Gasteiger partial charge in [0.1, 0.15) is 11.4 Å². The molecule has 2 N–H and O–H groups in total. The van der Waals surface area contributed by atoms with Gasteiger partial charge in [0.25, 0.3) is 11.8 Å². The molecule has 2 heterocycles. The highest BCUT2D eigenvalue weighted by Gasteiger charge is 2.18. The third-order valence-electron chi connectivity index (χ3n) is 4.85. The fourth-order valence-electron chi connectivity index (χ4n) is 3.17. The number of methoxy groups -OCH3 is 1. The molecule has 2 aromatic heterocycles. The molecule has 0 aliphatic heterocycles. The molecule has 0 saturated heterocycles. The lowest BCUT2D eigenvalue weighted by Gasteiger charge is -2.06. The Hall–Kier alpha value is -3.69. The maximum Gasteiger partial charge on any atom is 0.325 e. The summed E-state index contributed by atoms with van der Waals surface area (Å²) in [5.74, 6) is -1.22. The van der Waals surface area contributed by atoms with Crippen LogP contribution in [-0.4, -0.2) is 41.2 Å². The molecular formula is C23H19ClN4O4S. The first-order valence-corrected chi connectivity index (χ1v) is 11.1. The van der Waals surface area contributed by atoms with Gasteiger partial charge in [0, 0.05) is 21.7 Å². The average molecular weight is 483 g/mol. The zero-order valence-electron chi connectivity index (χ0n) is 17.7. The summed E-state index contributed by atoms with van der Waals surface area (Å²) in [6.07, 6.45) is 0. The Morgan fingerprint density at radius 3 is 2.55 bits per heavy atom. The number of hydrogen-bond acceptors (Lipinski definition) is 6. The van der Waals surface area contributed by atoms with E-state index in [1.54, 1.807) is 35.0 Å². The van der Waals surface area contributed by atoms with E-state index in [1.165, 1.54) is 18.4 Å². The van der Waals surface area contributed by atoms with Crippen LogP contribution in [0.2, 0.25) is 5.02 Å². The standard InChI is InChI=1S/C23H19ClN4O4S/c1-13-18-11-19(33-23(18)28(27-13)17-5-3-4-15(24)10-17)22(31)26-16-8-6-14(7-9-16)21(30)25-12-20(29)32-2/h3-11H,12H2,1-2H3,(H,25,30)(H,26,31). The molecule has 0 saturated carbocycles. The molecule has 0 radical (unpaired) electrons. The van der Waals surface area contributed by atoms with Crippen molar-refractivity contribution in [2.45, 2.75) is 6.92 Å². The van der Waals surface area contributed by atoms with E-state index in [9.17, 15) is 14.4 Å². The Morgan fingerprint density at radius 1 is 1.09 bits per heavy atom. The highest BCUT2D eigenvalue weighted by molar-refractivity contribution is 7.20. The number of nitrogens with one attached hydrogen (secondary N) is 2. The van der Waals surface area contributed by atoms with Crippen LogP contribution < -0.4 is 10.6 Å². The number of anilines is 1. The van der Waals surface area contributed by atoms with Crippen LogP contribution in [0.1, 0.15) is 25.7 Å². The predicted octanol–water partition coefficient (Wildman–Crippen LogP) is 4.20. The lowest BCUT2D eigenvalue weighted by atomic mass is 10.2. The normalized spacial score (nSPS) is 10.8. The summed E-state index contributed by atoms with van der Waals surface area (Å²) < 4.78 is 6.27. The van der Waals surface area contributed by atoms with E-state index in [0.29, 0.717) is 21.2 Å². The largest absolute Gasteiger partial charge is 0.468 e. The first-order chi connectivity index (χ1) is 15.9. The fraction of sp³-hybridized carbons (Fsp3) is 0.130. The molecule has 168 valence electrons. The molecule has 10 heteroatoms. The van der Waals surface area contributed by atoms with Crippen molar-refractivity contribution in [1.82, 2.24) is 15.1 Å². The van der Waals surface area contributed by atoms with E-state index in [-0.39, 0.29) is 12.5 Å². The number of fused-ring (bicyclic) bond motifs is 1. The van der Waals surface area contributed by atoms with Crippen molar-refractivity contribution in [3.63, 3.8) is 0 Å². The van der Waals surface area contributed by atoms with Crippen molar-refractivity contribution in [3.05, 3.63) is 75.8 Å². The van der Waals surface area contributed by atoms with Crippen molar-refractivity contribution in [2.24, 2.45) is 0 Å². The number of carbonyl (C=O) groups excluding carboxylic acids is 3. The van der Waals surface area contributed by atoms with Gasteiger partial charge in [0.15, 0.2) is 0 Å². The van der Waals surface area contributed by atoms with E-state index in [4.69, 9.17) is 11.6 Å². The second kappa shape index (κ2) is 9.43. The smallest absolute Gasteiger partial charge is 0.325 e. The topological polar surface area (TPSA) is 102 Å². The van der Waals surface area contributed by atoms with Gasteiger partial charge in [-0.15, -0.1) is 11.3 Å². The highest BCUT2D eigenvalue weighted by Crippen LogP contribution is 2.31. The Morgan fingerprint density at radius 2 is 1.85 bits per heavy atom. The summed E-state index contributed by atoms with van der Waals surface area (Å²) in [5.41, 5.74) is 2.52. The minimum absolute atomic E-state index is 0.216. The summed E-state index contributed by atoms with van der Waals surface area (Å²) in [5, 5.41) is 11.4. The Balaban J connectivity index is 1.50. The van der Waals surface area contributed by atoms with Crippen LogP contribution >= 0.6 is 22.9 Å². The molecule has 0 fully saturated rings. The summed E-state index contributed by atoms with van der Waals surface area (Å²) >= 11 is 7.45. The molecule has 2 aromatic carbocycles. The van der Waals surface area contributed by atoms with E-state index < -0.39 is 11.9 Å². The molecule has 0 aliphatic carbocycles. The van der Waals surface area contributed by atoms with Gasteiger partial charge >= 0.3 is 5.97 Å². The number of nitrogens with zero attached hydrogens (tertiary/aromatic N) is 2. The Kier molecular flexibility index (Phi) is 6.43. The van der Waals surface area contributed by atoms with Crippen molar-refractivity contribution in [3.8, 4) is 5.69 Å². The fourth-order valence-corrected chi connectivity index (χ4v) is 4.43. The zero-order valence-corrected chi connectivity index (χ0v) is 19.3. The number of halogens is 1. The molecule has 33 heavy (non-hydrogen) atoms. The van der Waals surface area contributed by atoms with Gasteiger partial charge in [-0.05, 0) is 55.5 Å². The summed E-state index contributed by atoms with van der Waals surface area (Å²) in [6.45, 7) is 1.67. The lowest BCUT2D eigenvalue weighted by Crippen LogP contribution is -2.30. The van der Waals surface area contributed by atoms with E-state index in [0.717, 1.165) is 21.6 Å². The number of aryl methyl sites for hydroxylation is 1. The molecule has 4 rings (SSSR count). The SMILES string of the molecule is COC(=O)CNC(=O)c1ccc(NC(=O)c2cc3c(C)nn(-c4cccc(Cl)c4)c3s2)cc1. The van der Waals surface area contributed by atoms with Gasteiger partial charge < -0.3 is 15.4 Å². The molecule has 0 spiro atoms. The van der Waals surface area contributed by atoms with Crippen LogP contribution in [0.5, 0.6) is 0 Å². The molecular weight excluding hydrogens is 464 g/mol. The molecule has 0 atom stereocenters. The quantitative estimate of drug-likeness (QED) is 0.401. The van der Waals surface area contributed by atoms with Crippen molar-refractivity contribution in [1.29, 1.82) is 0 Å². The predicted molar refractivity (Wildman–Crippen MR) is 127 cm³/mol. The number of esters is 1. The molecule has 0 aliphatic rings. The van der Waals surface area contributed by atoms with Gasteiger partial charge in [0.05, 0.1) is 23.4 Å². The number of hydrogen-bond donors (Lipinski definition) is 2. The zero-order chi connectivity index (χ0) is 23.5. The summed E-state index contributed by atoms with van der Waals surface area (Å²) in [6, 6.07) is 15.5. The van der Waals surface area contributed by atoms with Gasteiger partial charge in [-0.25, -0.2) is 4.68 Å². The maximum absolute atomic E-state index is 12.8. The highest BCUT2D eigenvalue weighted by atomic mass is 35.5. The minimum atomic E-state index is -0.538. The third-order valence-corrected chi connectivity index (χ3v) is 6.19. The van der Waals surface area contributed by atoms with Crippen molar-refractivity contribution < 1.29 is 19.1 Å². The maximum atomic E-state index is 12.8. The van der Waals surface area contributed by atoms with Crippen molar-refractivity contribution >= 4 is 56.6 Å².